The van der Waals surface area contributed by atoms with Crippen molar-refractivity contribution in [2.24, 2.45) is 5.73 Å². The second-order valence-electron chi connectivity index (χ2n) is 2.36. The number of hydrogen-bond donors (Lipinski definition) is 2. The Balaban J connectivity index is 0.00000121. The van der Waals surface area contributed by atoms with Gasteiger partial charge in [0.05, 0.1) is 0 Å². The number of halogens is 1. The number of hydrogen-bond acceptors (Lipinski definition) is 2. The first-order valence-corrected chi connectivity index (χ1v) is 3.20. The average molecular weight is 188 g/mol. The number of amides is 1. The van der Waals surface area contributed by atoms with Crippen molar-refractivity contribution >= 4 is 18.3 Å². The molecule has 0 unspecified atom stereocenters. The summed E-state index contributed by atoms with van der Waals surface area (Å²) in [4.78, 5) is 10.7. The topological polar surface area (TPSA) is 63.3 Å². The zero-order valence-corrected chi connectivity index (χ0v) is 7.39. The Labute approximate surface area is 76.6 Å². The smallest absolute Gasteiger partial charge is 0.248 e. The second-order valence-corrected chi connectivity index (χ2v) is 2.36. The highest BCUT2D eigenvalue weighted by molar-refractivity contribution is 5.94. The van der Waals surface area contributed by atoms with Crippen LogP contribution in [0.3, 0.4) is 0 Å². The number of aromatic hydroxyl groups is 1. The van der Waals surface area contributed by atoms with Crippen LogP contribution in [0.1, 0.15) is 15.9 Å². The standard InChI is InChI=1S/C8H9NO2.ClH/c1-5-4-6(10)2-3-7(5)8(9)11;/h2-4,10H,1H3,(H2,9,11);1H. The van der Waals surface area contributed by atoms with E-state index in [1.807, 2.05) is 0 Å². The molecule has 1 rings (SSSR count). The van der Waals surface area contributed by atoms with Crippen LogP contribution in [0.5, 0.6) is 5.75 Å². The van der Waals surface area contributed by atoms with Crippen molar-refractivity contribution in [1.29, 1.82) is 0 Å². The first-order chi connectivity index (χ1) is 5.11. The van der Waals surface area contributed by atoms with Gasteiger partial charge < -0.3 is 10.8 Å². The van der Waals surface area contributed by atoms with Gasteiger partial charge in [-0.2, -0.15) is 0 Å². The second kappa shape index (κ2) is 3.97. The Bertz CT molecular complexity index is 299. The molecule has 1 aromatic carbocycles. The molecule has 4 heteroatoms. The van der Waals surface area contributed by atoms with Crippen LogP contribution in [0.4, 0.5) is 0 Å². The number of carbonyl (C=O) groups excluding carboxylic acids is 1. The summed E-state index contributed by atoms with van der Waals surface area (Å²) in [5.41, 5.74) is 6.18. The lowest BCUT2D eigenvalue weighted by Gasteiger charge is -2.00. The van der Waals surface area contributed by atoms with Crippen LogP contribution in [0, 0.1) is 6.92 Å². The molecule has 3 N–H and O–H groups in total. The summed E-state index contributed by atoms with van der Waals surface area (Å²) in [5.74, 6) is -0.324. The summed E-state index contributed by atoms with van der Waals surface area (Å²) in [6.45, 7) is 1.72. The average Bonchev–Trinajstić information content (AvgIpc) is 1.85. The molecule has 0 atom stereocenters. The van der Waals surface area contributed by atoms with Gasteiger partial charge in [0.2, 0.25) is 5.91 Å². The fourth-order valence-corrected chi connectivity index (χ4v) is 0.924. The van der Waals surface area contributed by atoms with Crippen molar-refractivity contribution in [2.45, 2.75) is 6.92 Å². The largest absolute Gasteiger partial charge is 0.508 e. The summed E-state index contributed by atoms with van der Waals surface area (Å²) in [6.07, 6.45) is 0. The lowest BCUT2D eigenvalue weighted by molar-refractivity contribution is 0.0999. The first kappa shape index (κ1) is 10.8. The molecular weight excluding hydrogens is 178 g/mol. The predicted molar refractivity (Wildman–Crippen MR) is 48.6 cm³/mol. The van der Waals surface area contributed by atoms with Crippen LogP contribution in [-0.4, -0.2) is 11.0 Å². The van der Waals surface area contributed by atoms with E-state index in [0.717, 1.165) is 0 Å². The molecule has 0 saturated heterocycles. The van der Waals surface area contributed by atoms with Gasteiger partial charge in [0.15, 0.2) is 0 Å². The van der Waals surface area contributed by atoms with Crippen LogP contribution < -0.4 is 5.73 Å². The molecule has 66 valence electrons. The predicted octanol–water partition coefficient (Wildman–Crippen LogP) is 1.22. The third-order valence-corrected chi connectivity index (χ3v) is 1.48. The van der Waals surface area contributed by atoms with Crippen LogP contribution in [0.25, 0.3) is 0 Å². The molecule has 0 aliphatic heterocycles. The lowest BCUT2D eigenvalue weighted by Crippen LogP contribution is -2.12. The highest BCUT2D eigenvalue weighted by atomic mass is 35.5. The molecule has 0 radical (unpaired) electrons. The van der Waals surface area contributed by atoms with Crippen LogP contribution in [0.2, 0.25) is 0 Å². The van der Waals surface area contributed by atoms with Gasteiger partial charge in [-0.15, -0.1) is 12.4 Å². The summed E-state index contributed by atoms with van der Waals surface area (Å²) < 4.78 is 0. The summed E-state index contributed by atoms with van der Waals surface area (Å²) in [6, 6.07) is 4.44. The molecule has 0 heterocycles. The van der Waals surface area contributed by atoms with Gasteiger partial charge >= 0.3 is 0 Å². The van der Waals surface area contributed by atoms with E-state index >= 15 is 0 Å². The maximum Gasteiger partial charge on any atom is 0.248 e. The Kier molecular flexibility index (Phi) is 3.57. The number of phenols is 1. The Hall–Kier alpha value is -1.22. The minimum atomic E-state index is -0.470. The zero-order valence-electron chi connectivity index (χ0n) is 6.57. The minimum absolute atomic E-state index is 0. The Morgan fingerprint density at radius 3 is 2.50 bits per heavy atom. The highest BCUT2D eigenvalue weighted by Gasteiger charge is 2.03. The monoisotopic (exact) mass is 187 g/mol. The molecule has 0 bridgehead atoms. The van der Waals surface area contributed by atoms with Gasteiger partial charge in [0.1, 0.15) is 5.75 Å². The van der Waals surface area contributed by atoms with Gasteiger partial charge in [-0.05, 0) is 30.7 Å². The molecule has 0 saturated carbocycles. The van der Waals surface area contributed by atoms with Gasteiger partial charge in [0.25, 0.3) is 0 Å². The van der Waals surface area contributed by atoms with E-state index in [-0.39, 0.29) is 18.2 Å². The van der Waals surface area contributed by atoms with Crippen molar-refractivity contribution in [3.63, 3.8) is 0 Å². The van der Waals surface area contributed by atoms with E-state index in [4.69, 9.17) is 10.8 Å². The molecule has 1 aromatic rings. The zero-order chi connectivity index (χ0) is 8.43. The number of carbonyl (C=O) groups is 1. The van der Waals surface area contributed by atoms with E-state index in [0.29, 0.717) is 11.1 Å². The van der Waals surface area contributed by atoms with Crippen LogP contribution in [0.15, 0.2) is 18.2 Å². The van der Waals surface area contributed by atoms with Crippen molar-refractivity contribution in [3.8, 4) is 5.75 Å². The molecule has 1 amide bonds. The number of nitrogens with two attached hydrogens (primary N) is 1. The fourth-order valence-electron chi connectivity index (χ4n) is 0.924. The minimum Gasteiger partial charge on any atom is -0.508 e. The van der Waals surface area contributed by atoms with Crippen molar-refractivity contribution in [2.75, 3.05) is 0 Å². The molecule has 0 aromatic heterocycles. The summed E-state index contributed by atoms with van der Waals surface area (Å²) >= 11 is 0. The van der Waals surface area contributed by atoms with Crippen LogP contribution >= 0.6 is 12.4 Å². The molecule has 3 nitrogen and oxygen atoms in total. The normalized spacial score (nSPS) is 8.75. The summed E-state index contributed by atoms with van der Waals surface area (Å²) in [7, 11) is 0. The molecule has 0 spiro atoms. The van der Waals surface area contributed by atoms with Crippen molar-refractivity contribution in [3.05, 3.63) is 29.3 Å². The Morgan fingerprint density at radius 1 is 1.50 bits per heavy atom. The quantitative estimate of drug-likeness (QED) is 0.695. The SMILES string of the molecule is Cc1cc(O)ccc1C(N)=O.Cl. The fraction of sp³-hybridized carbons (Fsp3) is 0.125. The van der Waals surface area contributed by atoms with Crippen molar-refractivity contribution in [1.82, 2.24) is 0 Å². The Morgan fingerprint density at radius 2 is 2.08 bits per heavy atom. The van der Waals surface area contributed by atoms with Crippen molar-refractivity contribution < 1.29 is 9.90 Å². The van der Waals surface area contributed by atoms with Gasteiger partial charge in [0, 0.05) is 5.56 Å². The number of rotatable bonds is 1. The van der Waals surface area contributed by atoms with E-state index in [9.17, 15) is 4.79 Å². The van der Waals surface area contributed by atoms with E-state index in [1.54, 1.807) is 6.92 Å². The number of phenolic OH excluding ortho intramolecular Hbond substituents is 1. The number of aryl methyl sites for hydroxylation is 1. The molecule has 0 aliphatic rings. The van der Waals surface area contributed by atoms with Gasteiger partial charge in [-0.3, -0.25) is 4.79 Å². The molecular formula is C8H10ClNO2. The first-order valence-electron chi connectivity index (χ1n) is 3.20. The maximum absolute atomic E-state index is 10.7. The molecule has 0 fully saturated rings. The maximum atomic E-state index is 10.7. The third kappa shape index (κ3) is 2.13. The summed E-state index contributed by atoms with van der Waals surface area (Å²) in [5, 5.41) is 8.97. The van der Waals surface area contributed by atoms with E-state index in [1.165, 1.54) is 18.2 Å². The molecule has 12 heavy (non-hydrogen) atoms. The number of primary amides is 1. The number of benzene rings is 1. The van der Waals surface area contributed by atoms with Crippen LogP contribution in [-0.2, 0) is 0 Å². The highest BCUT2D eigenvalue weighted by Crippen LogP contribution is 2.14. The van der Waals surface area contributed by atoms with Gasteiger partial charge in [-0.1, -0.05) is 0 Å². The van der Waals surface area contributed by atoms with Gasteiger partial charge in [-0.25, -0.2) is 0 Å². The molecule has 0 aliphatic carbocycles. The lowest BCUT2D eigenvalue weighted by atomic mass is 10.1. The third-order valence-electron chi connectivity index (χ3n) is 1.48. The van der Waals surface area contributed by atoms with E-state index < -0.39 is 5.91 Å². The van der Waals surface area contributed by atoms with E-state index in [2.05, 4.69) is 0 Å².